The van der Waals surface area contributed by atoms with Gasteiger partial charge in [-0.15, -0.1) is 0 Å². The number of nitrogens with one attached hydrogen (secondary N) is 1. The van der Waals surface area contributed by atoms with Crippen LogP contribution in [0.15, 0.2) is 18.2 Å². The number of hydrogen-bond acceptors (Lipinski definition) is 3. The SMILES string of the molecule is Cc1ccc(C)c(C(CSC(C)(C)C)NN)c1. The second-order valence-corrected chi connectivity index (χ2v) is 7.35. The minimum absolute atomic E-state index is 0.221. The molecule has 0 aromatic heterocycles. The Hall–Kier alpha value is -0.510. The molecule has 1 aromatic carbocycles. The van der Waals surface area contributed by atoms with Gasteiger partial charge in [0.05, 0.1) is 6.04 Å². The second kappa shape index (κ2) is 5.89. The molecule has 0 aliphatic carbocycles. The fraction of sp³-hybridized carbons (Fsp3) is 0.571. The number of hydrazine groups is 1. The largest absolute Gasteiger partial charge is 0.271 e. The third kappa shape index (κ3) is 4.70. The molecule has 0 bridgehead atoms. The Balaban J connectivity index is 2.82. The van der Waals surface area contributed by atoms with Crippen molar-refractivity contribution in [3.05, 3.63) is 34.9 Å². The third-order valence-corrected chi connectivity index (χ3v) is 4.06. The van der Waals surface area contributed by atoms with Crippen molar-refractivity contribution in [3.63, 3.8) is 0 Å². The number of thioether (sulfide) groups is 1. The number of benzene rings is 1. The van der Waals surface area contributed by atoms with Gasteiger partial charge >= 0.3 is 0 Å². The molecule has 0 amide bonds. The molecule has 0 saturated carbocycles. The standard InChI is InChI=1S/C14H24N2S/c1-10-6-7-11(2)12(8-10)13(16-15)9-17-14(3,4)5/h6-8,13,16H,9,15H2,1-5H3. The van der Waals surface area contributed by atoms with Crippen LogP contribution in [0.2, 0.25) is 0 Å². The quantitative estimate of drug-likeness (QED) is 0.637. The third-order valence-electron chi connectivity index (χ3n) is 2.69. The van der Waals surface area contributed by atoms with Crippen LogP contribution in [-0.2, 0) is 0 Å². The molecule has 0 heterocycles. The van der Waals surface area contributed by atoms with Crippen molar-refractivity contribution in [1.29, 1.82) is 0 Å². The van der Waals surface area contributed by atoms with E-state index in [9.17, 15) is 0 Å². The van der Waals surface area contributed by atoms with Crippen molar-refractivity contribution < 1.29 is 0 Å². The zero-order chi connectivity index (χ0) is 13.1. The smallest absolute Gasteiger partial charge is 0.0553 e. The van der Waals surface area contributed by atoms with Crippen LogP contribution in [0.25, 0.3) is 0 Å². The summed E-state index contributed by atoms with van der Waals surface area (Å²) in [6.07, 6.45) is 0. The molecule has 3 heteroatoms. The van der Waals surface area contributed by atoms with Gasteiger partial charge < -0.3 is 0 Å². The maximum absolute atomic E-state index is 5.69. The van der Waals surface area contributed by atoms with E-state index in [2.05, 4.69) is 58.2 Å². The number of rotatable bonds is 4. The minimum atomic E-state index is 0.221. The lowest BCUT2D eigenvalue weighted by Gasteiger charge is -2.24. The van der Waals surface area contributed by atoms with E-state index in [1.54, 1.807) is 0 Å². The summed E-state index contributed by atoms with van der Waals surface area (Å²) >= 11 is 1.93. The van der Waals surface area contributed by atoms with Crippen molar-refractivity contribution in [2.24, 2.45) is 5.84 Å². The fourth-order valence-corrected chi connectivity index (χ4v) is 2.64. The van der Waals surface area contributed by atoms with Crippen molar-refractivity contribution in [1.82, 2.24) is 5.43 Å². The predicted octanol–water partition coefficient (Wildman–Crippen LogP) is 3.34. The van der Waals surface area contributed by atoms with Crippen LogP contribution in [0, 0.1) is 13.8 Å². The summed E-state index contributed by atoms with van der Waals surface area (Å²) in [4.78, 5) is 0. The van der Waals surface area contributed by atoms with Gasteiger partial charge in [0.2, 0.25) is 0 Å². The Labute approximate surface area is 109 Å². The summed E-state index contributed by atoms with van der Waals surface area (Å²) in [5.74, 6) is 6.68. The monoisotopic (exact) mass is 252 g/mol. The van der Waals surface area contributed by atoms with Crippen LogP contribution < -0.4 is 11.3 Å². The Bertz CT molecular complexity index is 369. The zero-order valence-electron chi connectivity index (χ0n) is 11.5. The molecule has 1 unspecified atom stereocenters. The van der Waals surface area contributed by atoms with E-state index in [1.165, 1.54) is 16.7 Å². The lowest BCUT2D eigenvalue weighted by atomic mass is 10.0. The summed E-state index contributed by atoms with van der Waals surface area (Å²) in [6, 6.07) is 6.75. The molecule has 1 aromatic rings. The van der Waals surface area contributed by atoms with Crippen LogP contribution in [-0.4, -0.2) is 10.5 Å². The predicted molar refractivity (Wildman–Crippen MR) is 78.2 cm³/mol. The van der Waals surface area contributed by atoms with E-state index in [0.717, 1.165) is 5.75 Å². The van der Waals surface area contributed by atoms with Gasteiger partial charge in [0.1, 0.15) is 0 Å². The topological polar surface area (TPSA) is 38.0 Å². The second-order valence-electron chi connectivity index (χ2n) is 5.50. The van der Waals surface area contributed by atoms with Gasteiger partial charge in [-0.2, -0.15) is 11.8 Å². The van der Waals surface area contributed by atoms with E-state index in [0.29, 0.717) is 0 Å². The number of hydrogen-bond donors (Lipinski definition) is 2. The van der Waals surface area contributed by atoms with E-state index in [1.807, 2.05) is 11.8 Å². The van der Waals surface area contributed by atoms with E-state index in [4.69, 9.17) is 5.84 Å². The molecule has 96 valence electrons. The Kier molecular flexibility index (Phi) is 5.04. The van der Waals surface area contributed by atoms with Gasteiger partial charge in [-0.05, 0) is 25.0 Å². The highest BCUT2D eigenvalue weighted by molar-refractivity contribution is 8.00. The lowest BCUT2D eigenvalue weighted by molar-refractivity contribution is 0.604. The molecule has 17 heavy (non-hydrogen) atoms. The molecule has 1 rings (SSSR count). The summed E-state index contributed by atoms with van der Waals surface area (Å²) in [7, 11) is 0. The molecule has 0 aliphatic rings. The Morgan fingerprint density at radius 2 is 1.94 bits per heavy atom. The van der Waals surface area contributed by atoms with Crippen molar-refractivity contribution in [3.8, 4) is 0 Å². The molecule has 0 radical (unpaired) electrons. The van der Waals surface area contributed by atoms with E-state index < -0.39 is 0 Å². The Morgan fingerprint density at radius 1 is 1.29 bits per heavy atom. The highest BCUT2D eigenvalue weighted by Crippen LogP contribution is 2.29. The first-order chi connectivity index (χ1) is 7.83. The zero-order valence-corrected chi connectivity index (χ0v) is 12.3. The van der Waals surface area contributed by atoms with Crippen LogP contribution in [0.5, 0.6) is 0 Å². The fourth-order valence-electron chi connectivity index (χ4n) is 1.70. The maximum Gasteiger partial charge on any atom is 0.0553 e. The minimum Gasteiger partial charge on any atom is -0.271 e. The molecule has 0 saturated heterocycles. The van der Waals surface area contributed by atoms with Crippen LogP contribution in [0.3, 0.4) is 0 Å². The molecule has 3 N–H and O–H groups in total. The first-order valence-corrected chi connectivity index (χ1v) is 6.99. The lowest BCUT2D eigenvalue weighted by Crippen LogP contribution is -2.31. The van der Waals surface area contributed by atoms with E-state index in [-0.39, 0.29) is 10.8 Å². The molecule has 2 nitrogen and oxygen atoms in total. The molecule has 0 spiro atoms. The number of nitrogens with two attached hydrogens (primary N) is 1. The van der Waals surface area contributed by atoms with Gasteiger partial charge in [0, 0.05) is 10.5 Å². The van der Waals surface area contributed by atoms with Gasteiger partial charge in [-0.1, -0.05) is 44.5 Å². The summed E-state index contributed by atoms with van der Waals surface area (Å²) < 4.78 is 0.271. The van der Waals surface area contributed by atoms with Crippen molar-refractivity contribution in [2.45, 2.75) is 45.4 Å². The van der Waals surface area contributed by atoms with E-state index >= 15 is 0 Å². The van der Waals surface area contributed by atoms with Gasteiger partial charge in [0.25, 0.3) is 0 Å². The maximum atomic E-state index is 5.69. The average Bonchev–Trinajstić information content (AvgIpc) is 2.22. The van der Waals surface area contributed by atoms with Gasteiger partial charge in [-0.25, -0.2) is 0 Å². The first kappa shape index (κ1) is 14.6. The summed E-state index contributed by atoms with van der Waals surface area (Å²) in [5, 5.41) is 0. The summed E-state index contributed by atoms with van der Waals surface area (Å²) in [6.45, 7) is 10.9. The van der Waals surface area contributed by atoms with Gasteiger partial charge in [0.15, 0.2) is 0 Å². The van der Waals surface area contributed by atoms with Crippen LogP contribution in [0.4, 0.5) is 0 Å². The summed E-state index contributed by atoms with van der Waals surface area (Å²) in [5.41, 5.74) is 6.83. The molecular formula is C14H24N2S. The highest BCUT2D eigenvalue weighted by atomic mass is 32.2. The molecular weight excluding hydrogens is 228 g/mol. The average molecular weight is 252 g/mol. The Morgan fingerprint density at radius 3 is 2.47 bits per heavy atom. The molecule has 1 atom stereocenters. The van der Waals surface area contributed by atoms with Crippen molar-refractivity contribution >= 4 is 11.8 Å². The molecule has 0 aliphatic heterocycles. The van der Waals surface area contributed by atoms with Crippen molar-refractivity contribution in [2.75, 3.05) is 5.75 Å². The van der Waals surface area contributed by atoms with Gasteiger partial charge in [-0.3, -0.25) is 11.3 Å². The first-order valence-electron chi connectivity index (χ1n) is 6.01. The normalized spacial score (nSPS) is 13.8. The van der Waals surface area contributed by atoms with Crippen LogP contribution in [0.1, 0.15) is 43.5 Å². The highest BCUT2D eigenvalue weighted by Gasteiger charge is 2.17. The number of aryl methyl sites for hydroxylation is 2. The molecule has 0 fully saturated rings. The van der Waals surface area contributed by atoms with Crippen LogP contribution >= 0.6 is 11.8 Å².